The number of benzene rings is 1. The van der Waals surface area contributed by atoms with Crippen molar-refractivity contribution < 1.29 is 0 Å². The number of hydrogen-bond donors (Lipinski definition) is 1. The van der Waals surface area contributed by atoms with Gasteiger partial charge in [-0.15, -0.1) is 0 Å². The summed E-state index contributed by atoms with van der Waals surface area (Å²) in [5, 5.41) is 13.5. The van der Waals surface area contributed by atoms with E-state index < -0.39 is 0 Å². The molecule has 0 saturated heterocycles. The van der Waals surface area contributed by atoms with Crippen LogP contribution in [0.15, 0.2) is 18.2 Å². The van der Waals surface area contributed by atoms with Crippen LogP contribution in [0.4, 0.5) is 5.69 Å². The third-order valence-electron chi connectivity index (χ3n) is 3.61. The first-order valence-corrected chi connectivity index (χ1v) is 7.82. The van der Waals surface area contributed by atoms with Crippen molar-refractivity contribution in [2.45, 2.75) is 43.9 Å². The van der Waals surface area contributed by atoms with E-state index in [1.165, 1.54) is 25.7 Å². The monoisotopic (exact) mass is 260 g/mol. The number of rotatable bonds is 3. The molecule has 1 N–H and O–H groups in total. The minimum atomic E-state index is 0.519. The zero-order valence-electron chi connectivity index (χ0n) is 11.1. The summed E-state index contributed by atoms with van der Waals surface area (Å²) in [4.78, 5) is 0. The number of nitriles is 1. The number of nitrogens with one attached hydrogen (secondary N) is 1. The van der Waals surface area contributed by atoms with Gasteiger partial charge in [0.15, 0.2) is 0 Å². The van der Waals surface area contributed by atoms with Gasteiger partial charge in [-0.3, -0.25) is 0 Å². The van der Waals surface area contributed by atoms with Crippen LogP contribution in [0.2, 0.25) is 0 Å². The Balaban J connectivity index is 2.07. The highest BCUT2D eigenvalue weighted by Gasteiger charge is 2.21. The Morgan fingerprint density at radius 1 is 1.39 bits per heavy atom. The van der Waals surface area contributed by atoms with Crippen molar-refractivity contribution in [1.29, 1.82) is 5.26 Å². The molecule has 1 aromatic rings. The van der Waals surface area contributed by atoms with Crippen molar-refractivity contribution >= 4 is 17.4 Å². The molecule has 2 unspecified atom stereocenters. The fourth-order valence-electron chi connectivity index (χ4n) is 2.59. The molecule has 0 amide bonds. The van der Waals surface area contributed by atoms with Crippen molar-refractivity contribution in [3.63, 3.8) is 0 Å². The molecule has 1 saturated carbocycles. The molecule has 3 heteroatoms. The molecule has 0 aliphatic heterocycles. The van der Waals surface area contributed by atoms with Crippen LogP contribution in [0.1, 0.15) is 36.8 Å². The Hall–Kier alpha value is -1.14. The zero-order chi connectivity index (χ0) is 13.0. The smallest absolute Gasteiger partial charge is 0.101 e. The molecule has 0 heterocycles. The number of nitrogens with zero attached hydrogens (tertiary/aromatic N) is 1. The quantitative estimate of drug-likeness (QED) is 0.893. The van der Waals surface area contributed by atoms with Crippen LogP contribution < -0.4 is 5.32 Å². The molecular formula is C15H20N2S. The normalized spacial score (nSPS) is 23.4. The zero-order valence-corrected chi connectivity index (χ0v) is 11.9. The Labute approximate surface area is 114 Å². The third-order valence-corrected chi connectivity index (χ3v) is 4.71. The van der Waals surface area contributed by atoms with Gasteiger partial charge in [0.1, 0.15) is 6.07 Å². The minimum Gasteiger partial charge on any atom is -0.381 e. The third kappa shape index (κ3) is 3.20. The second-order valence-electron chi connectivity index (χ2n) is 5.03. The maximum absolute atomic E-state index is 9.18. The summed E-state index contributed by atoms with van der Waals surface area (Å²) in [7, 11) is 0. The summed E-state index contributed by atoms with van der Waals surface area (Å²) in [6.07, 6.45) is 7.24. The summed E-state index contributed by atoms with van der Waals surface area (Å²) >= 11 is 1.97. The second kappa shape index (κ2) is 6.15. The molecule has 96 valence electrons. The molecule has 1 aromatic carbocycles. The number of aryl methyl sites for hydroxylation is 1. The molecule has 0 aromatic heterocycles. The number of anilines is 1. The highest BCUT2D eigenvalue weighted by Crippen LogP contribution is 2.29. The first-order valence-electron chi connectivity index (χ1n) is 6.53. The lowest BCUT2D eigenvalue weighted by Gasteiger charge is -2.29. The van der Waals surface area contributed by atoms with E-state index in [9.17, 15) is 5.26 Å². The lowest BCUT2D eigenvalue weighted by molar-refractivity contribution is 0.473. The predicted octanol–water partition coefficient (Wildman–Crippen LogP) is 3.95. The van der Waals surface area contributed by atoms with Crippen molar-refractivity contribution in [2.75, 3.05) is 11.6 Å². The molecule has 2 rings (SSSR count). The first-order chi connectivity index (χ1) is 8.72. The molecule has 0 radical (unpaired) electrons. The summed E-state index contributed by atoms with van der Waals surface area (Å²) in [5.74, 6) is 0. The lowest BCUT2D eigenvalue weighted by Crippen LogP contribution is -2.28. The van der Waals surface area contributed by atoms with E-state index in [1.54, 1.807) is 0 Å². The van der Waals surface area contributed by atoms with Gasteiger partial charge in [0, 0.05) is 11.3 Å². The van der Waals surface area contributed by atoms with E-state index in [-0.39, 0.29) is 0 Å². The van der Waals surface area contributed by atoms with Crippen LogP contribution in [-0.4, -0.2) is 17.5 Å². The topological polar surface area (TPSA) is 35.8 Å². The van der Waals surface area contributed by atoms with E-state index in [2.05, 4.69) is 23.7 Å². The predicted molar refractivity (Wildman–Crippen MR) is 79.1 cm³/mol. The molecule has 18 heavy (non-hydrogen) atoms. The highest BCUT2D eigenvalue weighted by molar-refractivity contribution is 7.99. The number of hydrogen-bond acceptors (Lipinski definition) is 3. The van der Waals surface area contributed by atoms with Gasteiger partial charge >= 0.3 is 0 Å². The second-order valence-corrected chi connectivity index (χ2v) is 6.16. The Kier molecular flexibility index (Phi) is 4.54. The van der Waals surface area contributed by atoms with Gasteiger partial charge in [0.25, 0.3) is 0 Å². The van der Waals surface area contributed by atoms with E-state index in [0.29, 0.717) is 6.04 Å². The van der Waals surface area contributed by atoms with Gasteiger partial charge in [-0.25, -0.2) is 0 Å². The van der Waals surface area contributed by atoms with E-state index in [0.717, 1.165) is 22.1 Å². The molecule has 1 aliphatic rings. The van der Waals surface area contributed by atoms with Crippen LogP contribution in [0, 0.1) is 18.3 Å². The largest absolute Gasteiger partial charge is 0.381 e. The number of thioether (sulfide) groups is 1. The average molecular weight is 260 g/mol. The molecule has 1 aliphatic carbocycles. The van der Waals surface area contributed by atoms with Crippen molar-refractivity contribution in [3.05, 3.63) is 29.3 Å². The molecule has 0 bridgehead atoms. The first kappa shape index (κ1) is 13.3. The van der Waals surface area contributed by atoms with Crippen LogP contribution >= 0.6 is 11.8 Å². The summed E-state index contributed by atoms with van der Waals surface area (Å²) in [5.41, 5.74) is 2.90. The Morgan fingerprint density at radius 2 is 2.22 bits per heavy atom. The van der Waals surface area contributed by atoms with Crippen molar-refractivity contribution in [3.8, 4) is 6.07 Å². The van der Waals surface area contributed by atoms with Gasteiger partial charge < -0.3 is 5.32 Å². The van der Waals surface area contributed by atoms with E-state index >= 15 is 0 Å². The Bertz CT molecular complexity index is 450. The minimum absolute atomic E-state index is 0.519. The van der Waals surface area contributed by atoms with Gasteiger partial charge in [0.05, 0.1) is 11.3 Å². The van der Waals surface area contributed by atoms with Gasteiger partial charge in [-0.05, 0) is 50.1 Å². The van der Waals surface area contributed by atoms with Crippen molar-refractivity contribution in [2.24, 2.45) is 0 Å². The molecule has 0 spiro atoms. The molecule has 2 nitrogen and oxygen atoms in total. The summed E-state index contributed by atoms with van der Waals surface area (Å²) in [6.45, 7) is 2.02. The fraction of sp³-hybridized carbons (Fsp3) is 0.533. The molecule has 1 fully saturated rings. The van der Waals surface area contributed by atoms with Gasteiger partial charge in [-0.2, -0.15) is 17.0 Å². The van der Waals surface area contributed by atoms with Crippen LogP contribution in [0.5, 0.6) is 0 Å². The van der Waals surface area contributed by atoms with Crippen LogP contribution in [0.25, 0.3) is 0 Å². The maximum Gasteiger partial charge on any atom is 0.101 e. The lowest BCUT2D eigenvalue weighted by atomic mass is 9.94. The average Bonchev–Trinajstić information content (AvgIpc) is 2.41. The fourth-order valence-corrected chi connectivity index (χ4v) is 3.41. The molecule has 2 atom stereocenters. The Morgan fingerprint density at radius 3 is 2.94 bits per heavy atom. The summed E-state index contributed by atoms with van der Waals surface area (Å²) < 4.78 is 0. The maximum atomic E-state index is 9.18. The van der Waals surface area contributed by atoms with Gasteiger partial charge in [-0.1, -0.05) is 12.5 Å². The highest BCUT2D eigenvalue weighted by atomic mass is 32.2. The van der Waals surface area contributed by atoms with Crippen LogP contribution in [-0.2, 0) is 0 Å². The van der Waals surface area contributed by atoms with E-state index in [1.807, 2.05) is 30.8 Å². The standard InChI is InChI=1S/C15H20N2S/c1-11-6-7-15(12(8-11)10-16)17-13-4-3-5-14(9-13)18-2/h6-8,13-14,17H,3-5,9H2,1-2H3. The van der Waals surface area contributed by atoms with Crippen molar-refractivity contribution in [1.82, 2.24) is 0 Å². The summed E-state index contributed by atoms with van der Waals surface area (Å²) in [6, 6.07) is 8.86. The van der Waals surface area contributed by atoms with Gasteiger partial charge in [0.2, 0.25) is 0 Å². The SMILES string of the molecule is CSC1CCCC(Nc2ccc(C)cc2C#N)C1. The van der Waals surface area contributed by atoms with E-state index in [4.69, 9.17) is 0 Å². The molecular weight excluding hydrogens is 240 g/mol. The van der Waals surface area contributed by atoms with Crippen LogP contribution in [0.3, 0.4) is 0 Å².